The molecule has 3 saturated carbocycles. The largest absolute Gasteiger partial charge is 0.446 e. The molecule has 4 aliphatic carbocycles. The number of aliphatic imine (C=N–C) groups is 1. The summed E-state index contributed by atoms with van der Waals surface area (Å²) in [5.74, 6) is 5.58. The van der Waals surface area contributed by atoms with Gasteiger partial charge >= 0.3 is 6.09 Å². The minimum absolute atomic E-state index is 0.0413. The number of unbranched alkanes of at least 4 members (excludes halogenated alkanes) is 3. The van der Waals surface area contributed by atoms with Gasteiger partial charge < -0.3 is 32.6 Å². The summed E-state index contributed by atoms with van der Waals surface area (Å²) in [5.41, 5.74) is 18.8. The van der Waals surface area contributed by atoms with E-state index in [2.05, 4.69) is 49.4 Å². The van der Waals surface area contributed by atoms with Gasteiger partial charge in [-0.3, -0.25) is 10.2 Å². The van der Waals surface area contributed by atoms with Crippen molar-refractivity contribution in [3.05, 3.63) is 11.6 Å². The Morgan fingerprint density at radius 3 is 2.38 bits per heavy atom. The summed E-state index contributed by atoms with van der Waals surface area (Å²) in [7, 11) is 3.31. The second-order valence-corrected chi connectivity index (χ2v) is 19.8. The van der Waals surface area contributed by atoms with Gasteiger partial charge in [0.15, 0.2) is 5.96 Å². The number of amides is 2. The number of carbonyl (C=O) groups is 2. The number of fused-ring (bicyclic) bond motifs is 5. The molecule has 4 rings (SSSR count). The number of hydrogen-bond acceptors (Lipinski definition) is 7. The molecule has 2 amide bonds. The van der Waals surface area contributed by atoms with E-state index in [1.54, 1.807) is 27.2 Å². The van der Waals surface area contributed by atoms with Crippen LogP contribution in [-0.4, -0.2) is 60.5 Å². The highest BCUT2D eigenvalue weighted by Crippen LogP contribution is 2.66. The predicted octanol–water partition coefficient (Wildman–Crippen LogP) is 7.90. The van der Waals surface area contributed by atoms with E-state index in [0.29, 0.717) is 31.3 Å². The average Bonchev–Trinajstić information content (AvgIpc) is 3.42. The van der Waals surface area contributed by atoms with Crippen LogP contribution < -0.4 is 27.8 Å². The molecule has 0 heterocycles. The second kappa shape index (κ2) is 20.6. The van der Waals surface area contributed by atoms with Gasteiger partial charge in [-0.05, 0) is 105 Å². The highest BCUT2D eigenvalue weighted by Gasteiger charge is 2.58. The van der Waals surface area contributed by atoms with Gasteiger partial charge in [0.25, 0.3) is 0 Å². The molecule has 8 atom stereocenters. The van der Waals surface area contributed by atoms with Crippen LogP contribution in [0.2, 0.25) is 0 Å². The fraction of sp³-hybridized carbons (Fsp3) is 0.850. The van der Waals surface area contributed by atoms with Crippen molar-refractivity contribution in [3.8, 4) is 0 Å². The molecule has 0 bridgehead atoms. The number of carbonyl (C=O) groups excluding carboxylic acids is 2. The number of nitrogens with two attached hydrogens (primary N) is 3. The van der Waals surface area contributed by atoms with Crippen molar-refractivity contribution in [1.29, 1.82) is 5.41 Å². The number of amidine groups is 1. The normalized spacial score (nSPS) is 29.9. The molecular formula is C40H71N7O3S2. The van der Waals surface area contributed by atoms with E-state index in [0.717, 1.165) is 79.6 Å². The quantitative estimate of drug-likeness (QED) is 0.0224. The predicted molar refractivity (Wildman–Crippen MR) is 219 cm³/mol. The first-order chi connectivity index (χ1) is 24.8. The average molecular weight is 762 g/mol. The van der Waals surface area contributed by atoms with Gasteiger partial charge in [-0.1, -0.05) is 93.0 Å². The number of hydrogen-bond donors (Lipinski definition) is 6. The molecule has 9 N–H and O–H groups in total. The third-order valence-corrected chi connectivity index (χ3v) is 15.6. The molecule has 52 heavy (non-hydrogen) atoms. The van der Waals surface area contributed by atoms with Crippen LogP contribution in [0, 0.1) is 45.8 Å². The van der Waals surface area contributed by atoms with Gasteiger partial charge in [-0.2, -0.15) is 0 Å². The Hall–Kier alpha value is -2.08. The topological polar surface area (TPSA) is 182 Å². The standard InChI is InChI=1S/C40H71N7O3S2/c1-27(2)10-8-9-11-28-15-17-32-31-16-14-29-26-30(18-20-40(29,4)33(31)19-21-39(28,32)3)50-38(49)46-23-25-52-51-24-22-45-36(48)34(47-37(43)44)12-6-5-7-13-35(41)42/h14,27-28,30-34H,5-13,15-26H2,1-4H3,(H3,41,42)(H,45,48)(H,46,49)(H4,43,44,47). The molecular weight excluding hydrogens is 691 g/mol. The van der Waals surface area contributed by atoms with E-state index < -0.39 is 6.04 Å². The van der Waals surface area contributed by atoms with E-state index in [1.807, 2.05) is 0 Å². The minimum atomic E-state index is -0.614. The summed E-state index contributed by atoms with van der Waals surface area (Å²) >= 11 is 0. The number of alkyl carbamates (subject to hydrolysis) is 1. The highest BCUT2D eigenvalue weighted by atomic mass is 33.1. The molecule has 0 spiro atoms. The number of allylic oxidation sites excluding steroid dienone is 1. The zero-order chi connectivity index (χ0) is 37.7. The number of nitrogens with zero attached hydrogens (tertiary/aromatic N) is 1. The third kappa shape index (κ3) is 12.0. The number of nitrogens with one attached hydrogen (secondary N) is 3. The van der Waals surface area contributed by atoms with E-state index >= 15 is 0 Å². The van der Waals surface area contributed by atoms with Crippen LogP contribution in [0.3, 0.4) is 0 Å². The summed E-state index contributed by atoms with van der Waals surface area (Å²) in [6, 6.07) is -0.614. The van der Waals surface area contributed by atoms with Crippen LogP contribution in [0.1, 0.15) is 137 Å². The molecule has 12 heteroatoms. The fourth-order valence-electron chi connectivity index (χ4n) is 10.4. The molecule has 0 radical (unpaired) electrons. The first-order valence-corrected chi connectivity index (χ1v) is 22.9. The first kappa shape index (κ1) is 42.7. The lowest BCUT2D eigenvalue weighted by Gasteiger charge is -2.58. The Morgan fingerprint density at radius 1 is 0.942 bits per heavy atom. The zero-order valence-corrected chi connectivity index (χ0v) is 34.3. The Balaban J connectivity index is 1.10. The van der Waals surface area contributed by atoms with Crippen LogP contribution in [0.4, 0.5) is 4.79 Å². The number of rotatable bonds is 21. The second-order valence-electron chi connectivity index (χ2n) is 17.1. The van der Waals surface area contributed by atoms with Crippen molar-refractivity contribution >= 4 is 45.4 Å². The Morgan fingerprint density at radius 2 is 1.67 bits per heavy atom. The van der Waals surface area contributed by atoms with Crippen LogP contribution in [0.15, 0.2) is 16.6 Å². The van der Waals surface area contributed by atoms with E-state index in [9.17, 15) is 9.59 Å². The lowest BCUT2D eigenvalue weighted by molar-refractivity contribution is -0.122. The zero-order valence-electron chi connectivity index (χ0n) is 32.7. The molecule has 296 valence electrons. The van der Waals surface area contributed by atoms with Gasteiger partial charge in [0.05, 0.1) is 5.84 Å². The lowest BCUT2D eigenvalue weighted by Crippen LogP contribution is -2.50. The summed E-state index contributed by atoms with van der Waals surface area (Å²) in [5, 5.41) is 13.2. The summed E-state index contributed by atoms with van der Waals surface area (Å²) < 4.78 is 5.96. The van der Waals surface area contributed by atoms with Crippen LogP contribution in [0.25, 0.3) is 0 Å². The molecule has 0 aliphatic heterocycles. The summed E-state index contributed by atoms with van der Waals surface area (Å²) in [6.45, 7) is 10.9. The maximum atomic E-state index is 12.7. The van der Waals surface area contributed by atoms with Crippen LogP contribution in [-0.2, 0) is 9.53 Å². The Labute approximate surface area is 322 Å². The molecule has 8 unspecified atom stereocenters. The molecule has 4 aliphatic rings. The molecule has 0 aromatic rings. The molecule has 10 nitrogen and oxygen atoms in total. The van der Waals surface area contributed by atoms with E-state index in [4.69, 9.17) is 27.3 Å². The smallest absolute Gasteiger partial charge is 0.407 e. The van der Waals surface area contributed by atoms with Gasteiger partial charge in [-0.15, -0.1) is 0 Å². The van der Waals surface area contributed by atoms with Crippen molar-refractivity contribution in [2.45, 2.75) is 149 Å². The van der Waals surface area contributed by atoms with Crippen LogP contribution in [0.5, 0.6) is 0 Å². The lowest BCUT2D eigenvalue weighted by atomic mass is 9.47. The molecule has 0 aromatic heterocycles. The SMILES string of the molecule is CC(C)CCCCC1CCC2C3CC=C4CC(OC(=O)NCCSSCCNC(=O)C(CCCCCC(=N)N)N=C(N)N)CCC4(C)C3CCC12C. The van der Waals surface area contributed by atoms with Crippen molar-refractivity contribution < 1.29 is 14.3 Å². The Kier molecular flexibility index (Phi) is 16.9. The van der Waals surface area contributed by atoms with Gasteiger partial charge in [0, 0.05) is 37.4 Å². The van der Waals surface area contributed by atoms with Crippen molar-refractivity contribution in [2.24, 2.45) is 62.6 Å². The maximum absolute atomic E-state index is 12.7. The summed E-state index contributed by atoms with van der Waals surface area (Å²) in [4.78, 5) is 29.5. The first-order valence-electron chi connectivity index (χ1n) is 20.4. The third-order valence-electron chi connectivity index (χ3n) is 13.2. The van der Waals surface area contributed by atoms with Crippen LogP contribution >= 0.6 is 21.6 Å². The summed E-state index contributed by atoms with van der Waals surface area (Å²) in [6.07, 6.45) is 21.2. The number of ether oxygens (including phenoxy) is 1. The Bertz CT molecular complexity index is 1240. The van der Waals surface area contributed by atoms with Crippen molar-refractivity contribution in [3.63, 3.8) is 0 Å². The monoisotopic (exact) mass is 762 g/mol. The van der Waals surface area contributed by atoms with E-state index in [-0.39, 0.29) is 35.3 Å². The number of guanidine groups is 1. The highest BCUT2D eigenvalue weighted by molar-refractivity contribution is 8.76. The minimum Gasteiger partial charge on any atom is -0.446 e. The van der Waals surface area contributed by atoms with Crippen molar-refractivity contribution in [1.82, 2.24) is 10.6 Å². The van der Waals surface area contributed by atoms with Gasteiger partial charge in [0.1, 0.15) is 12.1 Å². The molecule has 0 saturated heterocycles. The maximum Gasteiger partial charge on any atom is 0.407 e. The fourth-order valence-corrected chi connectivity index (χ4v) is 12.2. The van der Waals surface area contributed by atoms with E-state index in [1.165, 1.54) is 57.8 Å². The van der Waals surface area contributed by atoms with Crippen molar-refractivity contribution in [2.75, 3.05) is 24.6 Å². The molecule has 0 aromatic carbocycles. The van der Waals surface area contributed by atoms with Gasteiger partial charge in [0.2, 0.25) is 5.91 Å². The molecule has 3 fully saturated rings. The van der Waals surface area contributed by atoms with Gasteiger partial charge in [-0.25, -0.2) is 9.79 Å².